The van der Waals surface area contributed by atoms with E-state index in [1.165, 1.54) is 25.0 Å². The van der Waals surface area contributed by atoms with E-state index in [0.29, 0.717) is 11.3 Å². The van der Waals surface area contributed by atoms with Crippen LogP contribution >= 0.6 is 0 Å². The summed E-state index contributed by atoms with van der Waals surface area (Å²) >= 11 is 0. The minimum absolute atomic E-state index is 0.397. The zero-order valence-electron chi connectivity index (χ0n) is 12.0. The maximum atomic E-state index is 5.55. The van der Waals surface area contributed by atoms with Gasteiger partial charge in [-0.25, -0.2) is 4.98 Å². The van der Waals surface area contributed by atoms with Crippen LogP contribution in [0, 0.1) is 11.3 Å². The Kier molecular flexibility index (Phi) is 4.10. The smallest absolute Gasteiger partial charge is 0.0949 e. The van der Waals surface area contributed by atoms with Gasteiger partial charge in [-0.3, -0.25) is 0 Å². The average Bonchev–Trinajstić information content (AvgIpc) is 2.91. The second-order valence-electron chi connectivity index (χ2n) is 6.88. The summed E-state index contributed by atoms with van der Waals surface area (Å²) in [5.41, 5.74) is 7.25. The first-order chi connectivity index (χ1) is 8.49. The van der Waals surface area contributed by atoms with Crippen LogP contribution in [0.5, 0.6) is 0 Å². The Morgan fingerprint density at radius 3 is 2.89 bits per heavy atom. The van der Waals surface area contributed by atoms with Crippen LogP contribution in [-0.4, -0.2) is 16.1 Å². The minimum Gasteiger partial charge on any atom is -0.337 e. The lowest BCUT2D eigenvalue weighted by molar-refractivity contribution is 0.350. The van der Waals surface area contributed by atoms with E-state index in [4.69, 9.17) is 5.73 Å². The van der Waals surface area contributed by atoms with Crippen molar-refractivity contribution < 1.29 is 0 Å². The lowest BCUT2D eigenvalue weighted by atomic mass is 9.92. The van der Waals surface area contributed by atoms with E-state index < -0.39 is 0 Å². The zero-order valence-corrected chi connectivity index (χ0v) is 12.0. The van der Waals surface area contributed by atoms with Crippen LogP contribution in [0.25, 0.3) is 0 Å². The highest BCUT2D eigenvalue weighted by atomic mass is 15.0. The van der Waals surface area contributed by atoms with E-state index in [9.17, 15) is 0 Å². The van der Waals surface area contributed by atoms with Gasteiger partial charge in [-0.1, -0.05) is 20.8 Å². The molecule has 1 aliphatic rings. The summed E-state index contributed by atoms with van der Waals surface area (Å²) in [7, 11) is 0. The monoisotopic (exact) mass is 249 g/mol. The lowest BCUT2D eigenvalue weighted by Crippen LogP contribution is -2.09. The molecule has 18 heavy (non-hydrogen) atoms. The van der Waals surface area contributed by atoms with E-state index >= 15 is 0 Å². The van der Waals surface area contributed by atoms with Crippen molar-refractivity contribution in [2.24, 2.45) is 17.1 Å². The van der Waals surface area contributed by atoms with Crippen molar-refractivity contribution in [3.63, 3.8) is 0 Å². The highest BCUT2D eigenvalue weighted by Gasteiger charge is 2.38. The summed E-state index contributed by atoms with van der Waals surface area (Å²) in [4.78, 5) is 4.57. The fourth-order valence-electron chi connectivity index (χ4n) is 2.46. The van der Waals surface area contributed by atoms with E-state index in [1.54, 1.807) is 0 Å². The number of hydrogen-bond donors (Lipinski definition) is 1. The van der Waals surface area contributed by atoms with Gasteiger partial charge in [0.15, 0.2) is 0 Å². The number of rotatable bonds is 6. The van der Waals surface area contributed by atoms with Crippen molar-refractivity contribution in [1.82, 2.24) is 9.55 Å². The van der Waals surface area contributed by atoms with Gasteiger partial charge in [0.05, 0.1) is 12.0 Å². The van der Waals surface area contributed by atoms with Crippen molar-refractivity contribution in [2.75, 3.05) is 6.54 Å². The third-order valence-corrected chi connectivity index (χ3v) is 3.85. The molecule has 2 unspecified atom stereocenters. The molecule has 0 radical (unpaired) electrons. The van der Waals surface area contributed by atoms with E-state index in [2.05, 4.69) is 36.5 Å². The number of hydrogen-bond acceptors (Lipinski definition) is 2. The molecule has 1 fully saturated rings. The quantitative estimate of drug-likeness (QED) is 0.841. The molecule has 1 saturated carbocycles. The predicted molar refractivity (Wildman–Crippen MR) is 75.4 cm³/mol. The van der Waals surface area contributed by atoms with Gasteiger partial charge in [0.2, 0.25) is 0 Å². The van der Waals surface area contributed by atoms with Gasteiger partial charge >= 0.3 is 0 Å². The van der Waals surface area contributed by atoms with Gasteiger partial charge in [0.25, 0.3) is 0 Å². The number of aromatic nitrogens is 2. The Morgan fingerprint density at radius 2 is 2.22 bits per heavy atom. The van der Waals surface area contributed by atoms with Crippen LogP contribution in [-0.2, 0) is 6.54 Å². The molecule has 1 heterocycles. The van der Waals surface area contributed by atoms with Gasteiger partial charge in [0, 0.05) is 18.7 Å². The average molecular weight is 249 g/mol. The molecule has 1 aliphatic carbocycles. The molecule has 0 spiro atoms. The molecule has 3 heteroatoms. The number of imidazole rings is 1. The van der Waals surface area contributed by atoms with Gasteiger partial charge in [-0.05, 0) is 43.6 Å². The van der Waals surface area contributed by atoms with Crippen LogP contribution in [0.4, 0.5) is 0 Å². The first-order valence-electron chi connectivity index (χ1n) is 7.21. The van der Waals surface area contributed by atoms with Gasteiger partial charge in [0.1, 0.15) is 0 Å². The summed E-state index contributed by atoms with van der Waals surface area (Å²) in [5, 5.41) is 0. The van der Waals surface area contributed by atoms with Crippen LogP contribution in [0.2, 0.25) is 0 Å². The Morgan fingerprint density at radius 1 is 1.44 bits per heavy atom. The van der Waals surface area contributed by atoms with Crippen molar-refractivity contribution in [2.45, 2.75) is 58.9 Å². The molecular formula is C15H27N3. The Hall–Kier alpha value is -0.830. The van der Waals surface area contributed by atoms with Crippen molar-refractivity contribution in [3.05, 3.63) is 18.2 Å². The molecule has 1 aromatic heterocycles. The molecule has 102 valence electrons. The van der Waals surface area contributed by atoms with Gasteiger partial charge < -0.3 is 10.3 Å². The molecule has 0 saturated heterocycles. The summed E-state index contributed by atoms with van der Waals surface area (Å²) < 4.78 is 2.25. The Labute approximate surface area is 111 Å². The third-order valence-electron chi connectivity index (χ3n) is 3.85. The molecule has 0 aromatic carbocycles. The van der Waals surface area contributed by atoms with Crippen LogP contribution in [0.3, 0.4) is 0 Å². The normalized spacial score (nSPS) is 23.3. The van der Waals surface area contributed by atoms with Crippen LogP contribution in [0.15, 0.2) is 12.5 Å². The topological polar surface area (TPSA) is 43.8 Å². The fourth-order valence-corrected chi connectivity index (χ4v) is 2.46. The molecule has 1 aromatic rings. The fraction of sp³-hybridized carbons (Fsp3) is 0.800. The standard InChI is InChI=1S/C15H27N3/c1-15(2,3)6-8-18-10-14(17-11-18)13-9-12(13)5-4-7-16/h10-13H,4-9,16H2,1-3H3. The molecule has 0 bridgehead atoms. The van der Waals surface area contributed by atoms with Crippen LogP contribution < -0.4 is 5.73 Å². The van der Waals surface area contributed by atoms with Crippen molar-refractivity contribution >= 4 is 0 Å². The van der Waals surface area contributed by atoms with Gasteiger partial charge in [-0.2, -0.15) is 0 Å². The highest BCUT2D eigenvalue weighted by molar-refractivity contribution is 5.15. The third kappa shape index (κ3) is 3.84. The predicted octanol–water partition coefficient (Wildman–Crippen LogP) is 3.16. The maximum Gasteiger partial charge on any atom is 0.0949 e. The van der Waals surface area contributed by atoms with Crippen molar-refractivity contribution in [1.29, 1.82) is 0 Å². The van der Waals surface area contributed by atoms with E-state index in [-0.39, 0.29) is 0 Å². The first kappa shape index (κ1) is 13.6. The Balaban J connectivity index is 1.81. The lowest BCUT2D eigenvalue weighted by Gasteiger charge is -2.17. The molecule has 2 rings (SSSR count). The molecule has 3 nitrogen and oxygen atoms in total. The summed E-state index contributed by atoms with van der Waals surface area (Å²) in [5.74, 6) is 1.56. The second kappa shape index (κ2) is 5.43. The largest absolute Gasteiger partial charge is 0.337 e. The SMILES string of the molecule is CC(C)(C)CCn1cnc(C2CC2CCCN)c1. The first-order valence-corrected chi connectivity index (χ1v) is 7.21. The molecule has 2 atom stereocenters. The van der Waals surface area contributed by atoms with Crippen LogP contribution in [0.1, 0.15) is 58.1 Å². The van der Waals surface area contributed by atoms with E-state index in [1.807, 2.05) is 6.33 Å². The van der Waals surface area contributed by atoms with Crippen molar-refractivity contribution in [3.8, 4) is 0 Å². The number of nitrogens with two attached hydrogens (primary N) is 1. The number of nitrogens with zero attached hydrogens (tertiary/aromatic N) is 2. The molecular weight excluding hydrogens is 222 g/mol. The second-order valence-corrected chi connectivity index (χ2v) is 6.88. The molecule has 0 aliphatic heterocycles. The maximum absolute atomic E-state index is 5.55. The molecule has 0 amide bonds. The molecule has 2 N–H and O–H groups in total. The zero-order chi connectivity index (χ0) is 13.2. The number of aryl methyl sites for hydroxylation is 1. The van der Waals surface area contributed by atoms with E-state index in [0.717, 1.165) is 25.4 Å². The van der Waals surface area contributed by atoms with Gasteiger partial charge in [-0.15, -0.1) is 0 Å². The Bertz CT molecular complexity index is 375. The summed E-state index contributed by atoms with van der Waals surface area (Å²) in [6, 6.07) is 0. The minimum atomic E-state index is 0.397. The highest BCUT2D eigenvalue weighted by Crippen LogP contribution is 2.49. The summed E-state index contributed by atoms with van der Waals surface area (Å²) in [6.07, 6.45) is 9.19. The summed E-state index contributed by atoms with van der Waals surface area (Å²) in [6.45, 7) is 8.76.